The van der Waals surface area contributed by atoms with E-state index in [0.717, 1.165) is 4.90 Å². The van der Waals surface area contributed by atoms with Crippen molar-refractivity contribution in [3.05, 3.63) is 63.5 Å². The van der Waals surface area contributed by atoms with Crippen LogP contribution < -0.4 is 15.1 Å². The Kier molecular flexibility index (Phi) is 7.51. The van der Waals surface area contributed by atoms with Crippen LogP contribution in [0.5, 0.6) is 17.2 Å². The van der Waals surface area contributed by atoms with Crippen LogP contribution in [0.4, 0.5) is 13.2 Å². The Morgan fingerprint density at radius 3 is 2.26 bits per heavy atom. The fourth-order valence-electron chi connectivity index (χ4n) is 3.48. The fourth-order valence-corrected chi connectivity index (χ4v) is 3.48. The number of aromatic hydroxyl groups is 1. The number of rotatable bonds is 8. The monoisotopic (exact) mass is 480 g/mol. The number of halogens is 3. The van der Waals surface area contributed by atoms with Crippen LogP contribution >= 0.6 is 0 Å². The smallest absolute Gasteiger partial charge is 0.453 e. The predicted molar refractivity (Wildman–Crippen MR) is 117 cm³/mol. The molecule has 3 aromatic rings. The standard InChI is InChI=1S/C24H24F3NO6/c1-4-28(5-2)13-17-18(29)12-11-16-19(30)21(22(24(25,26)27)34-20(16)17)33-15-9-7-14(8-10-15)23(31)32-6-3/h7-12,29H,4-6,13H2,1-3H3/p+1. The first-order chi connectivity index (χ1) is 16.1. The second-order valence-corrected chi connectivity index (χ2v) is 7.51. The summed E-state index contributed by atoms with van der Waals surface area (Å²) in [6, 6.07) is 7.58. The highest BCUT2D eigenvalue weighted by molar-refractivity contribution is 5.89. The number of phenols is 1. The molecule has 0 fully saturated rings. The third-order valence-corrected chi connectivity index (χ3v) is 5.37. The summed E-state index contributed by atoms with van der Waals surface area (Å²) in [4.78, 5) is 25.9. The van der Waals surface area contributed by atoms with Crippen molar-refractivity contribution in [3.8, 4) is 17.2 Å². The van der Waals surface area contributed by atoms with Gasteiger partial charge in [0.2, 0.25) is 11.2 Å². The minimum absolute atomic E-state index is 0.100. The number of carbonyl (C=O) groups excluding carboxylic acids is 1. The van der Waals surface area contributed by atoms with Gasteiger partial charge in [0.15, 0.2) is 5.58 Å². The van der Waals surface area contributed by atoms with Gasteiger partial charge < -0.3 is 23.9 Å². The molecule has 0 unspecified atom stereocenters. The molecular formula is C24H25F3NO6+. The lowest BCUT2D eigenvalue weighted by molar-refractivity contribution is -0.910. The molecule has 1 aromatic heterocycles. The molecule has 0 amide bonds. The molecule has 0 radical (unpaired) electrons. The van der Waals surface area contributed by atoms with Crippen molar-refractivity contribution in [2.24, 2.45) is 0 Å². The number of carbonyl (C=O) groups is 1. The van der Waals surface area contributed by atoms with Gasteiger partial charge in [-0.2, -0.15) is 13.2 Å². The van der Waals surface area contributed by atoms with Gasteiger partial charge in [-0.1, -0.05) is 0 Å². The Bertz CT molecular complexity index is 1230. The molecule has 0 aliphatic carbocycles. The Labute approximate surface area is 193 Å². The van der Waals surface area contributed by atoms with Crippen molar-refractivity contribution < 1.29 is 41.9 Å². The van der Waals surface area contributed by atoms with Crippen LogP contribution in [0.1, 0.15) is 42.5 Å². The normalized spacial score (nSPS) is 11.7. The number of esters is 1. The highest BCUT2D eigenvalue weighted by Crippen LogP contribution is 2.39. The molecule has 2 aromatic carbocycles. The van der Waals surface area contributed by atoms with Crippen molar-refractivity contribution in [1.29, 1.82) is 0 Å². The second kappa shape index (κ2) is 10.2. The summed E-state index contributed by atoms with van der Waals surface area (Å²) in [5.41, 5.74) is -1.07. The van der Waals surface area contributed by atoms with Gasteiger partial charge in [-0.05, 0) is 57.2 Å². The Morgan fingerprint density at radius 2 is 1.71 bits per heavy atom. The van der Waals surface area contributed by atoms with Crippen LogP contribution in [-0.4, -0.2) is 30.8 Å². The number of nitrogens with one attached hydrogen (secondary N) is 1. The summed E-state index contributed by atoms with van der Waals surface area (Å²) in [6.07, 6.45) is -5.04. The fraction of sp³-hybridized carbons (Fsp3) is 0.333. The quantitative estimate of drug-likeness (QED) is 0.475. The largest absolute Gasteiger partial charge is 0.507 e. The number of hydrogen-bond acceptors (Lipinski definition) is 6. The highest BCUT2D eigenvalue weighted by Gasteiger charge is 2.41. The van der Waals surface area contributed by atoms with Gasteiger partial charge in [-0.3, -0.25) is 4.79 Å². The first-order valence-corrected chi connectivity index (χ1v) is 10.8. The number of phenolic OH excluding ortho intramolecular Hbond substituents is 1. The molecule has 0 aliphatic rings. The van der Waals surface area contributed by atoms with Crippen LogP contribution in [0.15, 0.2) is 45.6 Å². The van der Waals surface area contributed by atoms with Gasteiger partial charge in [0.25, 0.3) is 5.76 Å². The minimum Gasteiger partial charge on any atom is -0.507 e. The van der Waals surface area contributed by atoms with Crippen LogP contribution in [-0.2, 0) is 17.5 Å². The zero-order valence-corrected chi connectivity index (χ0v) is 18.9. The highest BCUT2D eigenvalue weighted by atomic mass is 19.4. The van der Waals surface area contributed by atoms with E-state index in [0.29, 0.717) is 13.1 Å². The van der Waals surface area contributed by atoms with Crippen molar-refractivity contribution >= 4 is 16.9 Å². The summed E-state index contributed by atoms with van der Waals surface area (Å²) in [7, 11) is 0. The van der Waals surface area contributed by atoms with Gasteiger partial charge in [0, 0.05) is 0 Å². The Morgan fingerprint density at radius 1 is 1.06 bits per heavy atom. The van der Waals surface area contributed by atoms with Crippen molar-refractivity contribution in [2.75, 3.05) is 19.7 Å². The van der Waals surface area contributed by atoms with Gasteiger partial charge in [0.05, 0.1) is 36.2 Å². The lowest BCUT2D eigenvalue weighted by Crippen LogP contribution is -3.10. The SMILES string of the molecule is CCOC(=O)c1ccc(Oc2c(C(F)(F)F)oc3c(C[NH+](CC)CC)c(O)ccc3c2=O)cc1. The zero-order valence-electron chi connectivity index (χ0n) is 18.9. The number of quaternary nitrogens is 1. The van der Waals surface area contributed by atoms with E-state index in [4.69, 9.17) is 13.9 Å². The number of fused-ring (bicyclic) bond motifs is 1. The third-order valence-electron chi connectivity index (χ3n) is 5.37. The van der Waals surface area contributed by atoms with E-state index in [2.05, 4.69) is 0 Å². The van der Waals surface area contributed by atoms with Gasteiger partial charge in [0.1, 0.15) is 18.0 Å². The van der Waals surface area contributed by atoms with Crippen LogP contribution in [0, 0.1) is 0 Å². The maximum atomic E-state index is 13.9. The van der Waals surface area contributed by atoms with E-state index in [1.165, 1.54) is 36.4 Å². The van der Waals surface area contributed by atoms with Gasteiger partial charge in [-0.15, -0.1) is 0 Å². The molecule has 0 aliphatic heterocycles. The molecule has 1 heterocycles. The van der Waals surface area contributed by atoms with Gasteiger partial charge >= 0.3 is 12.1 Å². The Hall–Kier alpha value is -3.53. The second-order valence-electron chi connectivity index (χ2n) is 7.51. The predicted octanol–water partition coefficient (Wildman–Crippen LogP) is 3.91. The molecule has 10 heteroatoms. The molecule has 34 heavy (non-hydrogen) atoms. The maximum absolute atomic E-state index is 13.9. The van der Waals surface area contributed by atoms with Crippen LogP contribution in [0.2, 0.25) is 0 Å². The summed E-state index contributed by atoms with van der Waals surface area (Å²) < 4.78 is 57.1. The van der Waals surface area contributed by atoms with Crippen LogP contribution in [0.3, 0.4) is 0 Å². The average Bonchev–Trinajstić information content (AvgIpc) is 2.80. The van der Waals surface area contributed by atoms with Crippen molar-refractivity contribution in [3.63, 3.8) is 0 Å². The van der Waals surface area contributed by atoms with Crippen molar-refractivity contribution in [1.82, 2.24) is 0 Å². The first kappa shape index (κ1) is 25.1. The summed E-state index contributed by atoms with van der Waals surface area (Å²) >= 11 is 0. The number of alkyl halides is 3. The molecule has 182 valence electrons. The van der Waals surface area contributed by atoms with Crippen LogP contribution in [0.25, 0.3) is 11.0 Å². The average molecular weight is 480 g/mol. The summed E-state index contributed by atoms with van der Waals surface area (Å²) in [5.74, 6) is -3.60. The number of ether oxygens (including phenoxy) is 2. The molecule has 0 spiro atoms. The van der Waals surface area contributed by atoms with E-state index < -0.39 is 29.1 Å². The van der Waals surface area contributed by atoms with E-state index >= 15 is 0 Å². The lowest BCUT2D eigenvalue weighted by atomic mass is 10.1. The topological polar surface area (TPSA) is 90.4 Å². The van der Waals surface area contributed by atoms with Gasteiger partial charge in [-0.25, -0.2) is 4.79 Å². The third kappa shape index (κ3) is 5.17. The molecule has 7 nitrogen and oxygen atoms in total. The minimum atomic E-state index is -5.04. The van der Waals surface area contributed by atoms with Crippen molar-refractivity contribution in [2.45, 2.75) is 33.5 Å². The van der Waals surface area contributed by atoms with E-state index in [-0.39, 0.29) is 46.7 Å². The lowest BCUT2D eigenvalue weighted by Gasteiger charge is -2.18. The zero-order chi connectivity index (χ0) is 25.0. The molecule has 3 rings (SSSR count). The summed E-state index contributed by atoms with van der Waals surface area (Å²) in [5, 5.41) is 10.2. The van der Waals surface area contributed by atoms with E-state index in [1.54, 1.807) is 6.92 Å². The number of hydrogen-bond donors (Lipinski definition) is 2. The molecular weight excluding hydrogens is 455 g/mol. The molecule has 0 bridgehead atoms. The molecule has 0 saturated heterocycles. The summed E-state index contributed by atoms with van der Waals surface area (Å²) in [6.45, 7) is 7.09. The molecule has 0 atom stereocenters. The molecule has 2 N–H and O–H groups in total. The molecule has 0 saturated carbocycles. The Balaban J connectivity index is 2.13. The van der Waals surface area contributed by atoms with E-state index in [1.807, 2.05) is 13.8 Å². The number of benzene rings is 2. The van der Waals surface area contributed by atoms with E-state index in [9.17, 15) is 27.9 Å². The maximum Gasteiger partial charge on any atom is 0.453 e. The first-order valence-electron chi connectivity index (χ1n) is 10.8.